The van der Waals surface area contributed by atoms with Crippen LogP contribution in [-0.2, 0) is 0 Å². The van der Waals surface area contributed by atoms with Gasteiger partial charge in [-0.15, -0.1) is 0 Å². The zero-order valence-electron chi connectivity index (χ0n) is 9.11. The minimum Gasteiger partial charge on any atom is -0.397 e. The molecule has 2 rings (SSSR count). The summed E-state index contributed by atoms with van der Waals surface area (Å²) in [6.45, 7) is 0. The molecule has 0 aliphatic rings. The second kappa shape index (κ2) is 4.89. The summed E-state index contributed by atoms with van der Waals surface area (Å²) in [6.07, 6.45) is 0. The van der Waals surface area contributed by atoms with E-state index in [1.54, 1.807) is 18.2 Å². The third-order valence-electron chi connectivity index (χ3n) is 2.22. The summed E-state index contributed by atoms with van der Waals surface area (Å²) in [5.74, 6) is -0.228. The van der Waals surface area contributed by atoms with Gasteiger partial charge in [0.25, 0.3) is 11.5 Å². The molecule has 1 aromatic carbocycles. The zero-order chi connectivity index (χ0) is 13.1. The Morgan fingerprint density at radius 2 is 2.11 bits per heavy atom. The Morgan fingerprint density at radius 1 is 1.33 bits per heavy atom. The number of rotatable bonds is 2. The molecule has 0 fully saturated rings. The van der Waals surface area contributed by atoms with Crippen LogP contribution in [-0.4, -0.2) is 16.1 Å². The molecule has 1 amide bonds. The number of carbonyl (C=O) groups excluding carboxylic acids is 1. The van der Waals surface area contributed by atoms with Crippen molar-refractivity contribution in [3.05, 3.63) is 51.3 Å². The molecule has 0 unspecified atom stereocenters. The molecule has 4 N–H and O–H groups in total. The number of amides is 1. The van der Waals surface area contributed by atoms with Gasteiger partial charge in [0.2, 0.25) is 0 Å². The lowest BCUT2D eigenvalue weighted by Gasteiger charge is -2.07. The average molecular weight is 265 g/mol. The Balaban J connectivity index is 2.24. The Bertz CT molecular complexity index is 633. The van der Waals surface area contributed by atoms with Crippen LogP contribution in [0.15, 0.2) is 35.1 Å². The lowest BCUT2D eigenvalue weighted by atomic mass is 10.1. The second-order valence-corrected chi connectivity index (χ2v) is 3.87. The average Bonchev–Trinajstić information content (AvgIpc) is 2.35. The van der Waals surface area contributed by atoms with Crippen molar-refractivity contribution in [3.63, 3.8) is 0 Å². The summed E-state index contributed by atoms with van der Waals surface area (Å²) < 4.78 is 0. The molecule has 1 heterocycles. The number of halogens is 1. The maximum Gasteiger partial charge on any atom is 0.264 e. The largest absolute Gasteiger partial charge is 0.397 e. The number of aromatic amines is 1. The van der Waals surface area contributed by atoms with E-state index < -0.39 is 5.91 Å². The van der Waals surface area contributed by atoms with Crippen LogP contribution in [0.5, 0.6) is 0 Å². The van der Waals surface area contributed by atoms with Crippen molar-refractivity contribution in [3.8, 4) is 0 Å². The van der Waals surface area contributed by atoms with E-state index >= 15 is 0 Å². The van der Waals surface area contributed by atoms with Gasteiger partial charge in [0.05, 0.1) is 16.3 Å². The highest BCUT2D eigenvalue weighted by Crippen LogP contribution is 2.22. The van der Waals surface area contributed by atoms with E-state index in [1.165, 1.54) is 12.1 Å². The number of nitrogens with zero attached hydrogens (tertiary/aromatic N) is 1. The summed E-state index contributed by atoms with van der Waals surface area (Å²) in [5, 5.41) is 8.66. The Labute approximate surface area is 107 Å². The first-order chi connectivity index (χ1) is 8.58. The predicted octanol–water partition coefficient (Wildman–Crippen LogP) is 1.26. The minimum absolute atomic E-state index is 0.195. The Morgan fingerprint density at radius 3 is 2.78 bits per heavy atom. The van der Waals surface area contributed by atoms with Crippen LogP contribution in [0.1, 0.15) is 10.4 Å². The van der Waals surface area contributed by atoms with Crippen LogP contribution in [0.25, 0.3) is 0 Å². The highest BCUT2D eigenvalue weighted by Gasteiger charge is 2.12. The predicted molar refractivity (Wildman–Crippen MR) is 68.7 cm³/mol. The van der Waals surface area contributed by atoms with Gasteiger partial charge in [-0.05, 0) is 18.2 Å². The minimum atomic E-state index is -0.449. The Kier molecular flexibility index (Phi) is 3.29. The topological polar surface area (TPSA) is 101 Å². The molecule has 0 aliphatic heterocycles. The molecule has 2 aromatic rings. The quantitative estimate of drug-likeness (QED) is 0.711. The van der Waals surface area contributed by atoms with E-state index in [0.29, 0.717) is 5.02 Å². The number of hydrogen-bond acceptors (Lipinski definition) is 4. The molecule has 0 bridgehead atoms. The molecule has 0 spiro atoms. The third kappa shape index (κ3) is 2.49. The second-order valence-electron chi connectivity index (χ2n) is 3.46. The van der Waals surface area contributed by atoms with Crippen LogP contribution in [0, 0.1) is 0 Å². The van der Waals surface area contributed by atoms with Gasteiger partial charge in [0.15, 0.2) is 5.82 Å². The maximum atomic E-state index is 11.9. The van der Waals surface area contributed by atoms with Gasteiger partial charge in [0.1, 0.15) is 0 Å². The fourth-order valence-electron chi connectivity index (χ4n) is 1.33. The summed E-state index contributed by atoms with van der Waals surface area (Å²) in [5.41, 5.74) is 5.78. The van der Waals surface area contributed by atoms with Crippen LogP contribution in [0.4, 0.5) is 11.5 Å². The van der Waals surface area contributed by atoms with E-state index in [9.17, 15) is 9.59 Å². The van der Waals surface area contributed by atoms with Gasteiger partial charge in [-0.25, -0.2) is 5.10 Å². The zero-order valence-corrected chi connectivity index (χ0v) is 9.86. The smallest absolute Gasteiger partial charge is 0.264 e. The van der Waals surface area contributed by atoms with Gasteiger partial charge in [-0.1, -0.05) is 17.7 Å². The van der Waals surface area contributed by atoms with Crippen molar-refractivity contribution in [2.24, 2.45) is 0 Å². The van der Waals surface area contributed by atoms with E-state index in [-0.39, 0.29) is 22.6 Å². The molecule has 92 valence electrons. The third-order valence-corrected chi connectivity index (χ3v) is 2.55. The van der Waals surface area contributed by atoms with Crippen molar-refractivity contribution in [1.29, 1.82) is 0 Å². The summed E-state index contributed by atoms with van der Waals surface area (Å²) in [7, 11) is 0. The van der Waals surface area contributed by atoms with Crippen molar-refractivity contribution in [2.75, 3.05) is 11.1 Å². The normalized spacial score (nSPS) is 10.1. The standard InChI is InChI=1S/C11H9ClN4O2/c12-7-3-1-2-6(10(7)13)11(18)14-8-4-5-9(17)16-15-8/h1-5H,13H2,(H,16,17)(H,14,15,18). The number of nitrogens with one attached hydrogen (secondary N) is 2. The van der Waals surface area contributed by atoms with Gasteiger partial charge < -0.3 is 11.1 Å². The van der Waals surface area contributed by atoms with Crippen LogP contribution >= 0.6 is 11.6 Å². The fraction of sp³-hybridized carbons (Fsp3) is 0. The van der Waals surface area contributed by atoms with E-state index in [1.807, 2.05) is 0 Å². The van der Waals surface area contributed by atoms with Gasteiger partial charge in [0, 0.05) is 6.07 Å². The molecule has 0 aliphatic carbocycles. The van der Waals surface area contributed by atoms with Gasteiger partial charge >= 0.3 is 0 Å². The van der Waals surface area contributed by atoms with Crippen molar-refractivity contribution in [1.82, 2.24) is 10.2 Å². The summed E-state index contributed by atoms with van der Waals surface area (Å²) in [4.78, 5) is 22.7. The van der Waals surface area contributed by atoms with Gasteiger partial charge in [-0.2, -0.15) is 5.10 Å². The van der Waals surface area contributed by atoms with Crippen LogP contribution < -0.4 is 16.6 Å². The number of nitrogens with two attached hydrogens (primary N) is 1. The van der Waals surface area contributed by atoms with Crippen LogP contribution in [0.3, 0.4) is 0 Å². The van der Waals surface area contributed by atoms with E-state index in [2.05, 4.69) is 15.5 Å². The number of H-pyrrole nitrogens is 1. The van der Waals surface area contributed by atoms with Crippen molar-refractivity contribution >= 4 is 29.0 Å². The Hall–Kier alpha value is -2.34. The SMILES string of the molecule is Nc1c(Cl)cccc1C(=O)Nc1ccc(=O)[nH]n1. The first-order valence-corrected chi connectivity index (χ1v) is 5.37. The lowest BCUT2D eigenvalue weighted by Crippen LogP contribution is -2.17. The van der Waals surface area contributed by atoms with Crippen molar-refractivity contribution in [2.45, 2.75) is 0 Å². The first-order valence-electron chi connectivity index (χ1n) is 4.99. The molecule has 0 saturated carbocycles. The highest BCUT2D eigenvalue weighted by molar-refractivity contribution is 6.34. The number of hydrogen-bond donors (Lipinski definition) is 3. The molecular formula is C11H9ClN4O2. The molecule has 0 radical (unpaired) electrons. The van der Waals surface area contributed by atoms with Crippen molar-refractivity contribution < 1.29 is 4.79 Å². The number of carbonyl (C=O) groups is 1. The molecule has 1 aromatic heterocycles. The lowest BCUT2D eigenvalue weighted by molar-refractivity contribution is 0.102. The number of benzene rings is 1. The number of para-hydroxylation sites is 1. The molecular weight excluding hydrogens is 256 g/mol. The molecule has 0 atom stereocenters. The monoisotopic (exact) mass is 264 g/mol. The summed E-state index contributed by atoms with van der Waals surface area (Å²) in [6, 6.07) is 7.39. The highest BCUT2D eigenvalue weighted by atomic mass is 35.5. The number of anilines is 2. The number of nitrogen functional groups attached to an aromatic ring is 1. The summed E-state index contributed by atoms with van der Waals surface area (Å²) >= 11 is 5.81. The van der Waals surface area contributed by atoms with Crippen LogP contribution in [0.2, 0.25) is 5.02 Å². The molecule has 18 heavy (non-hydrogen) atoms. The van der Waals surface area contributed by atoms with E-state index in [4.69, 9.17) is 17.3 Å². The fourth-order valence-corrected chi connectivity index (χ4v) is 1.51. The number of aromatic nitrogens is 2. The molecule has 6 nitrogen and oxygen atoms in total. The first kappa shape index (κ1) is 12.1. The maximum absolute atomic E-state index is 11.9. The van der Waals surface area contributed by atoms with Gasteiger partial charge in [-0.3, -0.25) is 9.59 Å². The molecule has 7 heteroatoms. The molecule has 0 saturated heterocycles. The van der Waals surface area contributed by atoms with E-state index in [0.717, 1.165) is 0 Å².